The molecule has 1 aliphatic heterocycles. The third kappa shape index (κ3) is 4.82. The van der Waals surface area contributed by atoms with Crippen LogP contribution in [0.15, 0.2) is 60.8 Å². The number of rotatable bonds is 7. The molecule has 6 heteroatoms. The molecule has 1 saturated heterocycles. The van der Waals surface area contributed by atoms with Gasteiger partial charge in [-0.15, -0.1) is 0 Å². The quantitative estimate of drug-likeness (QED) is 0.181. The van der Waals surface area contributed by atoms with Gasteiger partial charge in [-0.3, -0.25) is 19.5 Å². The van der Waals surface area contributed by atoms with Gasteiger partial charge in [0.25, 0.3) is 0 Å². The number of aldehydes is 1. The Morgan fingerprint density at radius 1 is 0.919 bits per heavy atom. The minimum Gasteiger partial charge on any atom is -0.299 e. The number of Topliss-reactive ketones (excluding diaryl/α,β-unsaturated/α-hetero) is 1. The summed E-state index contributed by atoms with van der Waals surface area (Å²) in [4.78, 5) is 31.8. The summed E-state index contributed by atoms with van der Waals surface area (Å²) in [6.07, 6.45) is 6.81. The summed E-state index contributed by atoms with van der Waals surface area (Å²) >= 11 is 12.7. The second-order valence-electron chi connectivity index (χ2n) is 10.1. The third-order valence-corrected chi connectivity index (χ3v) is 8.08. The maximum absolute atomic E-state index is 13.3. The van der Waals surface area contributed by atoms with Gasteiger partial charge >= 0.3 is 0 Å². The first-order chi connectivity index (χ1) is 18.0. The number of ketones is 1. The minimum absolute atomic E-state index is 0.0871. The number of benzene rings is 3. The first kappa shape index (κ1) is 24.3. The van der Waals surface area contributed by atoms with Crippen LogP contribution in [0.5, 0.6) is 0 Å². The number of hydrogen-bond donors (Lipinski definition) is 0. The number of halogens is 2. The lowest BCUT2D eigenvalue weighted by Gasteiger charge is -2.16. The van der Waals surface area contributed by atoms with E-state index in [0.29, 0.717) is 21.9 Å². The monoisotopic (exact) mass is 528 g/mol. The molecule has 0 bridgehead atoms. The Labute approximate surface area is 226 Å². The van der Waals surface area contributed by atoms with Gasteiger partial charge in [0.05, 0.1) is 21.1 Å². The molecule has 2 aliphatic rings. The van der Waals surface area contributed by atoms with Crippen molar-refractivity contribution in [2.45, 2.75) is 32.2 Å². The number of likely N-dealkylation sites (tertiary alicyclic amines) is 1. The van der Waals surface area contributed by atoms with E-state index < -0.39 is 0 Å². The molecule has 0 atom stereocenters. The molecule has 0 radical (unpaired) electrons. The van der Waals surface area contributed by atoms with Crippen LogP contribution in [0, 0.1) is 5.92 Å². The van der Waals surface area contributed by atoms with Crippen LogP contribution in [0.2, 0.25) is 10.0 Å². The van der Waals surface area contributed by atoms with Crippen molar-refractivity contribution in [3.05, 3.63) is 87.5 Å². The molecule has 0 unspecified atom stereocenters. The molecule has 186 valence electrons. The zero-order chi connectivity index (χ0) is 25.5. The normalized spacial score (nSPS) is 15.8. The zero-order valence-electron chi connectivity index (χ0n) is 20.3. The topological polar surface area (TPSA) is 50.3 Å². The van der Waals surface area contributed by atoms with Gasteiger partial charge in [0.2, 0.25) is 0 Å². The Hall–Kier alpha value is -3.05. The van der Waals surface area contributed by atoms with E-state index in [1.54, 1.807) is 18.3 Å². The first-order valence-electron chi connectivity index (χ1n) is 12.7. The SMILES string of the molecule is O=Cc1c(Cl)cc(-c2ccc3ncc(C(=O)C4CC4)c(-c4ccc(CN5CCCC5)cc4)c3c2)cc1Cl. The van der Waals surface area contributed by atoms with E-state index in [4.69, 9.17) is 23.2 Å². The van der Waals surface area contributed by atoms with Crippen molar-refractivity contribution in [3.63, 3.8) is 0 Å². The number of carbonyl (C=O) groups is 2. The highest BCUT2D eigenvalue weighted by atomic mass is 35.5. The second kappa shape index (κ2) is 10.0. The average molecular weight is 529 g/mol. The van der Waals surface area contributed by atoms with Crippen molar-refractivity contribution >= 4 is 46.2 Å². The molecular formula is C31H26Cl2N2O2. The number of carbonyl (C=O) groups excluding carboxylic acids is 2. The van der Waals surface area contributed by atoms with Crippen LogP contribution < -0.4 is 0 Å². The fraction of sp³-hybridized carbons (Fsp3) is 0.258. The fourth-order valence-electron chi connectivity index (χ4n) is 5.27. The molecule has 2 fully saturated rings. The summed E-state index contributed by atoms with van der Waals surface area (Å²) in [6.45, 7) is 3.26. The Kier molecular flexibility index (Phi) is 6.58. The van der Waals surface area contributed by atoms with Crippen LogP contribution in [0.25, 0.3) is 33.2 Å². The number of fused-ring (bicyclic) bond motifs is 1. The van der Waals surface area contributed by atoms with Crippen molar-refractivity contribution in [2.24, 2.45) is 5.92 Å². The molecule has 37 heavy (non-hydrogen) atoms. The van der Waals surface area contributed by atoms with Gasteiger partial charge in [-0.1, -0.05) is 53.5 Å². The van der Waals surface area contributed by atoms with Crippen molar-refractivity contribution < 1.29 is 9.59 Å². The molecule has 0 spiro atoms. The summed E-state index contributed by atoms with van der Waals surface area (Å²) in [5.74, 6) is 0.251. The predicted octanol–water partition coefficient (Wildman–Crippen LogP) is 7.88. The highest BCUT2D eigenvalue weighted by molar-refractivity contribution is 6.39. The zero-order valence-corrected chi connectivity index (χ0v) is 21.9. The molecule has 6 rings (SSSR count). The molecule has 4 nitrogen and oxygen atoms in total. The van der Waals surface area contributed by atoms with Crippen LogP contribution in [-0.4, -0.2) is 35.0 Å². The largest absolute Gasteiger partial charge is 0.299 e. The van der Waals surface area contributed by atoms with Crippen molar-refractivity contribution in [2.75, 3.05) is 13.1 Å². The van der Waals surface area contributed by atoms with E-state index in [1.165, 1.54) is 18.4 Å². The summed E-state index contributed by atoms with van der Waals surface area (Å²) < 4.78 is 0. The van der Waals surface area contributed by atoms with Gasteiger partial charge in [-0.2, -0.15) is 0 Å². The second-order valence-corrected chi connectivity index (χ2v) is 10.9. The molecule has 0 amide bonds. The Morgan fingerprint density at radius 2 is 1.59 bits per heavy atom. The summed E-state index contributed by atoms with van der Waals surface area (Å²) in [5, 5.41) is 1.52. The van der Waals surface area contributed by atoms with E-state index in [2.05, 4.69) is 34.1 Å². The van der Waals surface area contributed by atoms with Crippen LogP contribution in [0.1, 0.15) is 52.0 Å². The van der Waals surface area contributed by atoms with Crippen LogP contribution in [-0.2, 0) is 6.54 Å². The Bertz CT molecular complexity index is 1500. The number of aromatic nitrogens is 1. The summed E-state index contributed by atoms with van der Waals surface area (Å²) in [5.41, 5.74) is 6.65. The maximum Gasteiger partial charge on any atom is 0.168 e. The van der Waals surface area contributed by atoms with Gasteiger partial charge < -0.3 is 0 Å². The highest BCUT2D eigenvalue weighted by Crippen LogP contribution is 2.40. The maximum atomic E-state index is 13.3. The van der Waals surface area contributed by atoms with Gasteiger partial charge in [0, 0.05) is 35.2 Å². The first-order valence-corrected chi connectivity index (χ1v) is 13.5. The van der Waals surface area contributed by atoms with E-state index in [0.717, 1.165) is 65.6 Å². The van der Waals surface area contributed by atoms with E-state index in [9.17, 15) is 9.59 Å². The molecule has 4 aromatic rings. The van der Waals surface area contributed by atoms with Crippen LogP contribution in [0.3, 0.4) is 0 Å². The smallest absolute Gasteiger partial charge is 0.168 e. The highest BCUT2D eigenvalue weighted by Gasteiger charge is 2.32. The summed E-state index contributed by atoms with van der Waals surface area (Å²) in [6, 6.07) is 18.1. The number of pyridine rings is 1. The van der Waals surface area contributed by atoms with Crippen LogP contribution in [0.4, 0.5) is 0 Å². The van der Waals surface area contributed by atoms with Crippen molar-refractivity contribution in [3.8, 4) is 22.3 Å². The number of nitrogens with zero attached hydrogens (tertiary/aromatic N) is 2. The Balaban J connectivity index is 1.48. The fourth-order valence-corrected chi connectivity index (χ4v) is 5.85. The van der Waals surface area contributed by atoms with Crippen LogP contribution >= 0.6 is 23.2 Å². The molecule has 3 aromatic carbocycles. The molecule has 1 saturated carbocycles. The molecular weight excluding hydrogens is 503 g/mol. The van der Waals surface area contributed by atoms with Gasteiger partial charge in [-0.05, 0) is 85.3 Å². The minimum atomic E-state index is 0.0871. The van der Waals surface area contributed by atoms with E-state index in [1.807, 2.05) is 18.2 Å². The van der Waals surface area contributed by atoms with Gasteiger partial charge in [0.1, 0.15) is 0 Å². The van der Waals surface area contributed by atoms with Crippen molar-refractivity contribution in [1.29, 1.82) is 0 Å². The third-order valence-electron chi connectivity index (χ3n) is 7.46. The Morgan fingerprint density at radius 3 is 2.24 bits per heavy atom. The average Bonchev–Trinajstić information content (AvgIpc) is 3.64. The molecule has 0 N–H and O–H groups in total. The standard InChI is InChI=1S/C31H26Cl2N2O2/c32-27-14-23(15-28(33)26(27)18-36)22-9-10-29-24(13-22)30(25(16-34-29)31(37)21-7-8-21)20-5-3-19(4-6-20)17-35-11-1-2-12-35/h3-6,9-10,13-16,18,21H,1-2,7-8,11-12,17H2. The van der Waals surface area contributed by atoms with Gasteiger partial charge in [-0.25, -0.2) is 0 Å². The van der Waals surface area contributed by atoms with Crippen molar-refractivity contribution in [1.82, 2.24) is 9.88 Å². The lowest BCUT2D eigenvalue weighted by Crippen LogP contribution is -2.18. The molecule has 1 aliphatic carbocycles. The lowest BCUT2D eigenvalue weighted by atomic mass is 9.91. The summed E-state index contributed by atoms with van der Waals surface area (Å²) in [7, 11) is 0. The molecule has 1 aromatic heterocycles. The van der Waals surface area contributed by atoms with E-state index >= 15 is 0 Å². The van der Waals surface area contributed by atoms with Gasteiger partial charge in [0.15, 0.2) is 12.1 Å². The predicted molar refractivity (Wildman–Crippen MR) is 150 cm³/mol. The lowest BCUT2D eigenvalue weighted by molar-refractivity contribution is 0.0967. The molecule has 2 heterocycles. The number of hydrogen-bond acceptors (Lipinski definition) is 4. The van der Waals surface area contributed by atoms with E-state index in [-0.39, 0.29) is 17.3 Å².